The molecule has 0 aromatic rings. The molecule has 0 amide bonds. The van der Waals surface area contributed by atoms with Gasteiger partial charge in [0.15, 0.2) is 0 Å². The van der Waals surface area contributed by atoms with Gasteiger partial charge in [0.1, 0.15) is 6.04 Å². The van der Waals surface area contributed by atoms with E-state index in [1.54, 1.807) is 11.8 Å². The van der Waals surface area contributed by atoms with Gasteiger partial charge in [0, 0.05) is 6.54 Å². The van der Waals surface area contributed by atoms with E-state index in [0.717, 1.165) is 6.42 Å². The maximum atomic E-state index is 10.9. The highest BCUT2D eigenvalue weighted by Gasteiger charge is 2.38. The van der Waals surface area contributed by atoms with Crippen molar-refractivity contribution in [2.24, 2.45) is 5.92 Å². The van der Waals surface area contributed by atoms with Gasteiger partial charge < -0.3 is 5.11 Å². The normalized spacial score (nSPS) is 31.2. The maximum absolute atomic E-state index is 10.9. The molecule has 13 heavy (non-hydrogen) atoms. The molecule has 0 radical (unpaired) electrons. The summed E-state index contributed by atoms with van der Waals surface area (Å²) < 4.78 is 0. The summed E-state index contributed by atoms with van der Waals surface area (Å²) in [5, 5.41) is 17.6. The fraction of sp³-hybridized carbons (Fsp3) is 0.778. The fourth-order valence-electron chi connectivity index (χ4n) is 1.87. The number of nitriles is 1. The summed E-state index contributed by atoms with van der Waals surface area (Å²) in [6.07, 6.45) is 0.864. The van der Waals surface area contributed by atoms with E-state index in [0.29, 0.717) is 6.54 Å². The molecule has 0 aromatic carbocycles. The third-order valence-corrected chi connectivity index (χ3v) is 2.68. The van der Waals surface area contributed by atoms with Crippen LogP contribution in [0.5, 0.6) is 0 Å². The Balaban J connectivity index is 2.76. The first-order chi connectivity index (χ1) is 6.07. The number of aliphatic carboxylic acids is 1. The van der Waals surface area contributed by atoms with Crippen LogP contribution in [-0.4, -0.2) is 34.6 Å². The molecule has 0 bridgehead atoms. The largest absolute Gasteiger partial charge is 0.480 e. The molecule has 4 heteroatoms. The molecule has 1 rings (SSSR count). The summed E-state index contributed by atoms with van der Waals surface area (Å²) in [6.45, 7) is 4.38. The number of carboxylic acids is 1. The van der Waals surface area contributed by atoms with Crippen LogP contribution < -0.4 is 0 Å². The van der Waals surface area contributed by atoms with Gasteiger partial charge in [0.25, 0.3) is 0 Å². The smallest absolute Gasteiger partial charge is 0.321 e. The van der Waals surface area contributed by atoms with Crippen LogP contribution in [0.3, 0.4) is 0 Å². The average Bonchev–Trinajstić information content (AvgIpc) is 2.45. The Morgan fingerprint density at radius 2 is 2.38 bits per heavy atom. The van der Waals surface area contributed by atoms with Crippen molar-refractivity contribution in [2.45, 2.75) is 32.4 Å². The monoisotopic (exact) mass is 182 g/mol. The summed E-state index contributed by atoms with van der Waals surface area (Å²) in [5.41, 5.74) is 0. The Labute approximate surface area is 77.8 Å². The fourth-order valence-corrected chi connectivity index (χ4v) is 1.87. The summed E-state index contributed by atoms with van der Waals surface area (Å²) in [4.78, 5) is 12.6. The van der Waals surface area contributed by atoms with Gasteiger partial charge in [0.05, 0.1) is 12.1 Å². The van der Waals surface area contributed by atoms with Crippen molar-refractivity contribution in [1.29, 1.82) is 5.26 Å². The van der Waals surface area contributed by atoms with E-state index in [1.807, 2.05) is 6.92 Å². The lowest BCUT2D eigenvalue weighted by atomic mass is 10.0. The number of likely N-dealkylation sites (tertiary alicyclic amines) is 1. The Kier molecular flexibility index (Phi) is 2.89. The van der Waals surface area contributed by atoms with Crippen molar-refractivity contribution in [1.82, 2.24) is 4.90 Å². The van der Waals surface area contributed by atoms with Crippen molar-refractivity contribution >= 4 is 5.97 Å². The summed E-state index contributed by atoms with van der Waals surface area (Å²) in [6, 6.07) is 1.30. The third kappa shape index (κ3) is 1.81. The molecule has 0 aromatic heterocycles. The molecule has 1 aliphatic rings. The molecule has 3 atom stereocenters. The zero-order valence-electron chi connectivity index (χ0n) is 7.90. The van der Waals surface area contributed by atoms with E-state index < -0.39 is 12.0 Å². The quantitative estimate of drug-likeness (QED) is 0.682. The van der Waals surface area contributed by atoms with Crippen LogP contribution in [-0.2, 0) is 4.79 Å². The minimum absolute atomic E-state index is 0.147. The topological polar surface area (TPSA) is 64.3 Å². The van der Waals surface area contributed by atoms with Crippen LogP contribution in [0.15, 0.2) is 0 Å². The van der Waals surface area contributed by atoms with Gasteiger partial charge in [-0.15, -0.1) is 0 Å². The number of hydrogen-bond acceptors (Lipinski definition) is 3. The van der Waals surface area contributed by atoms with Crippen LogP contribution in [0, 0.1) is 17.2 Å². The minimum Gasteiger partial charge on any atom is -0.480 e. The van der Waals surface area contributed by atoms with Gasteiger partial charge in [-0.25, -0.2) is 0 Å². The van der Waals surface area contributed by atoms with Gasteiger partial charge in [-0.05, 0) is 19.3 Å². The standard InChI is InChI=1S/C9H14N2O2/c1-6-3-4-11(7(2)5-10)8(6)9(12)13/h6-8H,3-4H2,1-2H3,(H,12,13). The predicted octanol–water partition coefficient (Wildman–Crippen LogP) is 0.693. The lowest BCUT2D eigenvalue weighted by molar-refractivity contribution is -0.143. The first kappa shape index (κ1) is 10.0. The van der Waals surface area contributed by atoms with Gasteiger partial charge >= 0.3 is 5.97 Å². The zero-order chi connectivity index (χ0) is 10.0. The minimum atomic E-state index is -0.813. The Morgan fingerprint density at radius 3 is 2.85 bits per heavy atom. The van der Waals surface area contributed by atoms with Crippen molar-refractivity contribution in [2.75, 3.05) is 6.54 Å². The third-order valence-electron chi connectivity index (χ3n) is 2.68. The first-order valence-electron chi connectivity index (χ1n) is 4.46. The predicted molar refractivity (Wildman–Crippen MR) is 47.0 cm³/mol. The van der Waals surface area contributed by atoms with Crippen LogP contribution in [0.1, 0.15) is 20.3 Å². The second-order valence-electron chi connectivity index (χ2n) is 3.59. The summed E-state index contributed by atoms with van der Waals surface area (Å²) in [7, 11) is 0. The van der Waals surface area contributed by atoms with Gasteiger partial charge in [0.2, 0.25) is 0 Å². The van der Waals surface area contributed by atoms with Gasteiger partial charge in [-0.2, -0.15) is 5.26 Å². The zero-order valence-corrected chi connectivity index (χ0v) is 7.90. The number of rotatable bonds is 2. The van der Waals surface area contributed by atoms with E-state index in [-0.39, 0.29) is 12.0 Å². The van der Waals surface area contributed by atoms with Gasteiger partial charge in [-0.3, -0.25) is 9.69 Å². The van der Waals surface area contributed by atoms with E-state index >= 15 is 0 Å². The number of nitrogens with zero attached hydrogens (tertiary/aromatic N) is 2. The van der Waals surface area contributed by atoms with E-state index in [4.69, 9.17) is 10.4 Å². The Bertz CT molecular complexity index is 246. The number of carbonyl (C=O) groups is 1. The molecule has 1 fully saturated rings. The van der Waals surface area contributed by atoms with Gasteiger partial charge in [-0.1, -0.05) is 6.92 Å². The molecule has 1 heterocycles. The molecule has 0 saturated carbocycles. The SMILES string of the molecule is CC1CCN(C(C)C#N)C1C(=O)O. The molecular formula is C9H14N2O2. The molecule has 72 valence electrons. The molecule has 1 saturated heterocycles. The first-order valence-corrected chi connectivity index (χ1v) is 4.46. The molecule has 1 N–H and O–H groups in total. The highest BCUT2D eigenvalue weighted by molar-refractivity contribution is 5.74. The molecular weight excluding hydrogens is 168 g/mol. The number of carboxylic acid groups (broad SMARTS) is 1. The van der Waals surface area contributed by atoms with Crippen LogP contribution in [0.4, 0.5) is 0 Å². The van der Waals surface area contributed by atoms with E-state index in [9.17, 15) is 4.79 Å². The highest BCUT2D eigenvalue weighted by Crippen LogP contribution is 2.25. The highest BCUT2D eigenvalue weighted by atomic mass is 16.4. The molecule has 0 spiro atoms. The lowest BCUT2D eigenvalue weighted by Gasteiger charge is -2.24. The summed E-state index contributed by atoms with van der Waals surface area (Å²) >= 11 is 0. The van der Waals surface area contributed by atoms with E-state index in [1.165, 1.54) is 0 Å². The Hall–Kier alpha value is -1.08. The van der Waals surface area contributed by atoms with Crippen LogP contribution in [0.2, 0.25) is 0 Å². The maximum Gasteiger partial charge on any atom is 0.321 e. The van der Waals surface area contributed by atoms with E-state index in [2.05, 4.69) is 6.07 Å². The summed E-state index contributed by atoms with van der Waals surface area (Å²) in [5.74, 6) is -0.666. The van der Waals surface area contributed by atoms with Crippen molar-refractivity contribution < 1.29 is 9.90 Å². The number of hydrogen-bond donors (Lipinski definition) is 1. The second kappa shape index (κ2) is 3.75. The molecule has 0 aliphatic carbocycles. The van der Waals surface area contributed by atoms with Crippen molar-refractivity contribution in [3.8, 4) is 6.07 Å². The lowest BCUT2D eigenvalue weighted by Crippen LogP contribution is -2.43. The average molecular weight is 182 g/mol. The van der Waals surface area contributed by atoms with Crippen molar-refractivity contribution in [3.05, 3.63) is 0 Å². The second-order valence-corrected chi connectivity index (χ2v) is 3.59. The molecule has 1 aliphatic heterocycles. The molecule has 4 nitrogen and oxygen atoms in total. The van der Waals surface area contributed by atoms with Crippen LogP contribution in [0.25, 0.3) is 0 Å². The Morgan fingerprint density at radius 1 is 1.77 bits per heavy atom. The van der Waals surface area contributed by atoms with Crippen LogP contribution >= 0.6 is 0 Å². The van der Waals surface area contributed by atoms with Crippen molar-refractivity contribution in [3.63, 3.8) is 0 Å². The molecule has 3 unspecified atom stereocenters.